The molecule has 0 saturated carbocycles. The van der Waals surface area contributed by atoms with Crippen LogP contribution in [0.5, 0.6) is 5.75 Å². The van der Waals surface area contributed by atoms with E-state index in [1.165, 1.54) is 18.7 Å². The first-order chi connectivity index (χ1) is 13.8. The summed E-state index contributed by atoms with van der Waals surface area (Å²) in [5, 5.41) is 0. The zero-order valence-corrected chi connectivity index (χ0v) is 18.2. The van der Waals surface area contributed by atoms with Crippen molar-refractivity contribution in [1.29, 1.82) is 0 Å². The van der Waals surface area contributed by atoms with Crippen molar-refractivity contribution in [3.8, 4) is 5.75 Å². The molecule has 1 heterocycles. The SMILES string of the molecule is CCN1C(=O)C(OC(C)=O)C(c2ccc(OC)cc2)(N(C)C)Sc2ccccc21. The molecule has 0 aliphatic carbocycles. The Balaban J connectivity index is 2.29. The molecule has 0 saturated heterocycles. The van der Waals surface area contributed by atoms with Gasteiger partial charge in [-0.05, 0) is 50.8 Å². The highest BCUT2D eigenvalue weighted by molar-refractivity contribution is 8.00. The highest BCUT2D eigenvalue weighted by Gasteiger charge is 2.53. The van der Waals surface area contributed by atoms with Gasteiger partial charge in [0.15, 0.2) is 0 Å². The molecule has 1 aliphatic heterocycles. The second-order valence-corrected chi connectivity index (χ2v) is 8.23. The monoisotopic (exact) mass is 414 g/mol. The Morgan fingerprint density at radius 2 is 1.83 bits per heavy atom. The van der Waals surface area contributed by atoms with Gasteiger partial charge in [-0.3, -0.25) is 14.5 Å². The van der Waals surface area contributed by atoms with E-state index < -0.39 is 16.9 Å². The molecule has 29 heavy (non-hydrogen) atoms. The van der Waals surface area contributed by atoms with Gasteiger partial charge in [0.25, 0.3) is 5.91 Å². The smallest absolute Gasteiger partial charge is 0.303 e. The molecule has 2 aromatic rings. The Morgan fingerprint density at radius 3 is 2.38 bits per heavy atom. The number of carbonyl (C=O) groups excluding carboxylic acids is 2. The molecule has 0 N–H and O–H groups in total. The number of benzene rings is 2. The Hall–Kier alpha value is -2.51. The van der Waals surface area contributed by atoms with Crippen LogP contribution in [0.4, 0.5) is 5.69 Å². The number of ether oxygens (including phenoxy) is 2. The van der Waals surface area contributed by atoms with E-state index in [4.69, 9.17) is 9.47 Å². The first-order valence-electron chi connectivity index (χ1n) is 9.43. The van der Waals surface area contributed by atoms with Crippen molar-refractivity contribution >= 4 is 29.3 Å². The quantitative estimate of drug-likeness (QED) is 0.698. The van der Waals surface area contributed by atoms with Gasteiger partial charge in [0, 0.05) is 18.4 Å². The van der Waals surface area contributed by atoms with Gasteiger partial charge in [-0.25, -0.2) is 0 Å². The second-order valence-electron chi connectivity index (χ2n) is 6.96. The maximum Gasteiger partial charge on any atom is 0.303 e. The molecule has 0 spiro atoms. The van der Waals surface area contributed by atoms with E-state index in [9.17, 15) is 9.59 Å². The third-order valence-corrected chi connectivity index (χ3v) is 6.73. The first kappa shape index (κ1) is 21.2. The third kappa shape index (κ3) is 3.72. The Kier molecular flexibility index (Phi) is 6.19. The van der Waals surface area contributed by atoms with Crippen molar-refractivity contribution < 1.29 is 19.1 Å². The maximum absolute atomic E-state index is 13.7. The average molecular weight is 415 g/mol. The molecule has 0 bridgehead atoms. The van der Waals surface area contributed by atoms with Gasteiger partial charge in [-0.1, -0.05) is 36.0 Å². The Morgan fingerprint density at radius 1 is 1.17 bits per heavy atom. The van der Waals surface area contributed by atoms with Crippen LogP contribution in [0.25, 0.3) is 0 Å². The molecule has 0 fully saturated rings. The molecule has 0 radical (unpaired) electrons. The number of esters is 1. The molecule has 1 aliphatic rings. The molecule has 3 rings (SSSR count). The summed E-state index contributed by atoms with van der Waals surface area (Å²) in [6.07, 6.45) is -1.03. The van der Waals surface area contributed by atoms with E-state index in [-0.39, 0.29) is 5.91 Å². The molecule has 2 atom stereocenters. The summed E-state index contributed by atoms with van der Waals surface area (Å²) in [6.45, 7) is 3.72. The fourth-order valence-corrected chi connectivity index (χ4v) is 5.12. The van der Waals surface area contributed by atoms with Gasteiger partial charge >= 0.3 is 5.97 Å². The lowest BCUT2D eigenvalue weighted by molar-refractivity contribution is -0.158. The van der Waals surface area contributed by atoms with Crippen molar-refractivity contribution in [2.45, 2.75) is 29.7 Å². The number of anilines is 1. The number of carbonyl (C=O) groups is 2. The standard InChI is InChI=1S/C22H26N2O4S/c1-6-24-18-9-7-8-10-19(18)29-22(23(3)4,20(21(24)26)28-15(2)25)16-11-13-17(27-5)14-12-16/h7-14,20H,6H2,1-5H3. The molecule has 6 nitrogen and oxygen atoms in total. The second kappa shape index (κ2) is 8.47. The molecule has 2 aromatic carbocycles. The van der Waals surface area contributed by atoms with Gasteiger partial charge in [-0.15, -0.1) is 0 Å². The molecule has 1 amide bonds. The van der Waals surface area contributed by atoms with Crippen LogP contribution in [0.1, 0.15) is 19.4 Å². The fraction of sp³-hybridized carbons (Fsp3) is 0.364. The largest absolute Gasteiger partial charge is 0.497 e. The number of hydrogen-bond donors (Lipinski definition) is 0. The van der Waals surface area contributed by atoms with Gasteiger partial charge in [0.2, 0.25) is 6.10 Å². The van der Waals surface area contributed by atoms with Crippen LogP contribution in [-0.4, -0.2) is 50.6 Å². The molecule has 2 unspecified atom stereocenters. The van der Waals surface area contributed by atoms with Crippen LogP contribution in [-0.2, 0) is 19.2 Å². The number of likely N-dealkylation sites (N-methyl/N-ethyl adjacent to an activating group) is 2. The number of hydrogen-bond acceptors (Lipinski definition) is 6. The van der Waals surface area contributed by atoms with E-state index in [0.717, 1.165) is 16.1 Å². The van der Waals surface area contributed by atoms with E-state index in [1.807, 2.05) is 74.4 Å². The van der Waals surface area contributed by atoms with Crippen molar-refractivity contribution in [1.82, 2.24) is 4.90 Å². The van der Waals surface area contributed by atoms with Gasteiger partial charge in [-0.2, -0.15) is 0 Å². The van der Waals surface area contributed by atoms with E-state index in [0.29, 0.717) is 12.3 Å². The number of para-hydroxylation sites is 1. The highest BCUT2D eigenvalue weighted by atomic mass is 32.2. The van der Waals surface area contributed by atoms with E-state index in [2.05, 4.69) is 0 Å². The fourth-order valence-electron chi connectivity index (χ4n) is 3.66. The minimum absolute atomic E-state index is 0.246. The number of methoxy groups -OCH3 is 1. The lowest BCUT2D eigenvalue weighted by atomic mass is 9.97. The first-order valence-corrected chi connectivity index (χ1v) is 10.2. The summed E-state index contributed by atoms with van der Waals surface area (Å²) in [6, 6.07) is 15.3. The summed E-state index contributed by atoms with van der Waals surface area (Å²) in [5.41, 5.74) is 1.67. The predicted octanol–water partition coefficient (Wildman–Crippen LogP) is 3.50. The molecular formula is C22H26N2O4S. The number of thioether (sulfide) groups is 1. The van der Waals surface area contributed by atoms with E-state index in [1.54, 1.807) is 12.0 Å². The summed E-state index contributed by atoms with van der Waals surface area (Å²) in [5.74, 6) is -0.0254. The van der Waals surface area contributed by atoms with E-state index >= 15 is 0 Å². The summed E-state index contributed by atoms with van der Waals surface area (Å²) < 4.78 is 11.0. The topological polar surface area (TPSA) is 59.1 Å². The molecular weight excluding hydrogens is 388 g/mol. The van der Waals surface area contributed by atoms with Crippen molar-refractivity contribution in [2.24, 2.45) is 0 Å². The molecule has 0 aromatic heterocycles. The van der Waals surface area contributed by atoms with Crippen molar-refractivity contribution in [2.75, 3.05) is 32.6 Å². The molecule has 7 heteroatoms. The van der Waals surface area contributed by atoms with Crippen LogP contribution in [0.3, 0.4) is 0 Å². The van der Waals surface area contributed by atoms with Crippen LogP contribution < -0.4 is 9.64 Å². The zero-order chi connectivity index (χ0) is 21.2. The maximum atomic E-state index is 13.7. The number of rotatable bonds is 5. The minimum Gasteiger partial charge on any atom is -0.497 e. The Labute approximate surface area is 175 Å². The number of fused-ring (bicyclic) bond motifs is 1. The molecule has 154 valence electrons. The van der Waals surface area contributed by atoms with Crippen LogP contribution in [0.2, 0.25) is 0 Å². The lowest BCUT2D eigenvalue weighted by Crippen LogP contribution is -2.56. The predicted molar refractivity (Wildman–Crippen MR) is 114 cm³/mol. The van der Waals surface area contributed by atoms with Crippen LogP contribution in [0.15, 0.2) is 53.4 Å². The zero-order valence-electron chi connectivity index (χ0n) is 17.3. The summed E-state index contributed by atoms with van der Waals surface area (Å²) >= 11 is 1.52. The number of nitrogens with zero attached hydrogens (tertiary/aromatic N) is 2. The van der Waals surface area contributed by atoms with Crippen molar-refractivity contribution in [3.05, 3.63) is 54.1 Å². The average Bonchev–Trinajstić information content (AvgIpc) is 2.81. The van der Waals surface area contributed by atoms with Crippen LogP contribution in [0, 0.1) is 0 Å². The highest BCUT2D eigenvalue weighted by Crippen LogP contribution is 2.52. The minimum atomic E-state index is -1.03. The summed E-state index contributed by atoms with van der Waals surface area (Å²) in [7, 11) is 5.40. The van der Waals surface area contributed by atoms with Gasteiger partial charge in [0.1, 0.15) is 10.6 Å². The Bertz CT molecular complexity index is 900. The van der Waals surface area contributed by atoms with Crippen molar-refractivity contribution in [3.63, 3.8) is 0 Å². The summed E-state index contributed by atoms with van der Waals surface area (Å²) in [4.78, 5) is 29.3. The number of amides is 1. The normalized spacial score (nSPS) is 21.5. The lowest BCUT2D eigenvalue weighted by Gasteiger charge is -2.43. The van der Waals surface area contributed by atoms with Crippen LogP contribution >= 0.6 is 11.8 Å². The van der Waals surface area contributed by atoms with Gasteiger partial charge in [0.05, 0.1) is 12.8 Å². The van der Waals surface area contributed by atoms with Gasteiger partial charge < -0.3 is 14.4 Å². The third-order valence-electron chi connectivity index (χ3n) is 5.04.